The monoisotopic (exact) mass is 674 g/mol. The Hall–Kier alpha value is -2.47. The molecule has 2 aliphatic carbocycles. The van der Waals surface area contributed by atoms with Gasteiger partial charge in [-0.3, -0.25) is 14.4 Å². The average Bonchev–Trinajstić information content (AvgIpc) is 3.03. The van der Waals surface area contributed by atoms with Crippen LogP contribution in [-0.2, 0) is 30.3 Å². The van der Waals surface area contributed by atoms with Crippen molar-refractivity contribution in [2.75, 3.05) is 31.9 Å². The first kappa shape index (κ1) is 39.0. The standard InChI is InChI=1S/C36H58N4O6S/c1-24-12-14-36(15-13-25(2)41)23-35(24,5)29(21-34(4,32(44)26(36)3)33(45)40-19-7-17-38)46-31(43)22-47-28-10-8-27(9-11-28)20-30(42)39-18-6-16-37/h8-11,24,26,29,32,44H,6-7,12-23,37-38H2,1-5H3,(H,39,42)(H,40,45)/t24-,26+,29-,32+,34+,35+,36-/m1/s1. The molecule has 0 aliphatic heterocycles. The largest absolute Gasteiger partial charge is 0.461 e. The van der Waals surface area contributed by atoms with Crippen LogP contribution in [-0.4, -0.2) is 72.8 Å². The summed E-state index contributed by atoms with van der Waals surface area (Å²) >= 11 is 1.36. The Balaban J connectivity index is 1.82. The van der Waals surface area contributed by atoms with Gasteiger partial charge >= 0.3 is 5.97 Å². The molecule has 1 aromatic rings. The van der Waals surface area contributed by atoms with E-state index in [1.165, 1.54) is 11.8 Å². The normalized spacial score (nSPS) is 30.5. The molecule has 0 saturated heterocycles. The van der Waals surface area contributed by atoms with Gasteiger partial charge in [0.1, 0.15) is 11.9 Å². The fourth-order valence-corrected chi connectivity index (χ4v) is 8.37. The zero-order valence-corrected chi connectivity index (χ0v) is 29.9. The van der Waals surface area contributed by atoms with Crippen molar-refractivity contribution in [2.24, 2.45) is 39.5 Å². The third kappa shape index (κ3) is 9.80. The Labute approximate surface area is 285 Å². The molecular formula is C36H58N4O6S. The van der Waals surface area contributed by atoms with Gasteiger partial charge in [-0.15, -0.1) is 11.8 Å². The third-order valence-corrected chi connectivity index (χ3v) is 12.1. The summed E-state index contributed by atoms with van der Waals surface area (Å²) in [6.45, 7) is 11.7. The number of Topliss-reactive ketones (excluding diaryl/α,β-unsaturated/α-hetero) is 1. The minimum Gasteiger partial charge on any atom is -0.461 e. The van der Waals surface area contributed by atoms with Gasteiger partial charge < -0.3 is 36.7 Å². The maximum absolute atomic E-state index is 13.9. The molecule has 11 heteroatoms. The summed E-state index contributed by atoms with van der Waals surface area (Å²) in [5, 5.41) is 17.9. The summed E-state index contributed by atoms with van der Waals surface area (Å²) in [6, 6.07) is 7.55. The number of nitrogens with one attached hydrogen (secondary N) is 2. The summed E-state index contributed by atoms with van der Waals surface area (Å²) in [7, 11) is 0. The van der Waals surface area contributed by atoms with E-state index in [4.69, 9.17) is 16.2 Å². The van der Waals surface area contributed by atoms with Gasteiger partial charge in [-0.05, 0) is 100 Å². The Morgan fingerprint density at radius 3 is 2.28 bits per heavy atom. The lowest BCUT2D eigenvalue weighted by molar-refractivity contribution is -0.195. The molecule has 2 aliphatic rings. The number of rotatable bonds is 16. The fraction of sp³-hybridized carbons (Fsp3) is 0.722. The first-order chi connectivity index (χ1) is 22.2. The summed E-state index contributed by atoms with van der Waals surface area (Å²) in [6.07, 6.45) is 3.63. The molecule has 1 aromatic carbocycles. The fourth-order valence-electron chi connectivity index (χ4n) is 7.69. The predicted molar refractivity (Wildman–Crippen MR) is 185 cm³/mol. The van der Waals surface area contributed by atoms with E-state index in [0.29, 0.717) is 51.9 Å². The lowest BCUT2D eigenvalue weighted by atomic mass is 9.47. The number of esters is 1. The van der Waals surface area contributed by atoms with Gasteiger partial charge in [0.05, 0.1) is 23.7 Å². The highest BCUT2D eigenvalue weighted by molar-refractivity contribution is 8.00. The van der Waals surface area contributed by atoms with Crippen molar-refractivity contribution in [1.82, 2.24) is 10.6 Å². The number of carbonyl (C=O) groups is 4. The van der Waals surface area contributed by atoms with Crippen LogP contribution in [0.3, 0.4) is 0 Å². The van der Waals surface area contributed by atoms with Gasteiger partial charge in [0.15, 0.2) is 0 Å². The molecule has 0 spiro atoms. The summed E-state index contributed by atoms with van der Waals surface area (Å²) in [4.78, 5) is 52.6. The molecule has 264 valence electrons. The van der Waals surface area contributed by atoms with E-state index in [0.717, 1.165) is 29.7 Å². The molecule has 0 unspecified atom stereocenters. The van der Waals surface area contributed by atoms with E-state index in [-0.39, 0.29) is 59.4 Å². The van der Waals surface area contributed by atoms with Crippen molar-refractivity contribution < 1.29 is 29.0 Å². The first-order valence-corrected chi connectivity index (χ1v) is 18.2. The van der Waals surface area contributed by atoms with Gasteiger partial charge in [-0.25, -0.2) is 0 Å². The van der Waals surface area contributed by atoms with Crippen LogP contribution in [0.4, 0.5) is 0 Å². The minimum absolute atomic E-state index is 0.0584. The average molecular weight is 675 g/mol. The molecular weight excluding hydrogens is 616 g/mol. The summed E-state index contributed by atoms with van der Waals surface area (Å²) in [5.74, 6) is -0.580. The maximum Gasteiger partial charge on any atom is 0.316 e. The van der Waals surface area contributed by atoms with Crippen molar-refractivity contribution >= 4 is 35.3 Å². The van der Waals surface area contributed by atoms with Crippen molar-refractivity contribution in [2.45, 2.75) is 110 Å². The molecule has 2 fully saturated rings. The van der Waals surface area contributed by atoms with Gasteiger partial charge in [-0.1, -0.05) is 32.9 Å². The van der Waals surface area contributed by atoms with Crippen LogP contribution in [0.15, 0.2) is 29.2 Å². The number of aliphatic hydroxyl groups is 1. The number of carbonyl (C=O) groups excluding carboxylic acids is 4. The van der Waals surface area contributed by atoms with E-state index in [2.05, 4.69) is 24.5 Å². The van der Waals surface area contributed by atoms with Crippen LogP contribution < -0.4 is 22.1 Å². The minimum atomic E-state index is -1.22. The summed E-state index contributed by atoms with van der Waals surface area (Å²) < 4.78 is 6.36. The SMILES string of the molecule is CC(=O)CC[C@]12CC[C@@H](C)[C@](C)(C1)[C@H](OC(=O)CSc1ccc(CC(=O)NCCCN)cc1)C[C@](C)(C(=O)NCCCN)[C@@H](O)[C@@H]2C. The molecule has 0 heterocycles. The Morgan fingerprint density at radius 1 is 1.02 bits per heavy atom. The predicted octanol–water partition coefficient (Wildman–Crippen LogP) is 3.75. The quantitative estimate of drug-likeness (QED) is 0.0994. The van der Waals surface area contributed by atoms with Crippen LogP contribution in [0, 0.1) is 28.1 Å². The number of ketones is 1. The van der Waals surface area contributed by atoms with Crippen LogP contribution in [0.5, 0.6) is 0 Å². The van der Waals surface area contributed by atoms with Crippen molar-refractivity contribution in [3.63, 3.8) is 0 Å². The Bertz CT molecular complexity index is 1230. The van der Waals surface area contributed by atoms with Gasteiger partial charge in [0.25, 0.3) is 0 Å². The van der Waals surface area contributed by atoms with E-state index >= 15 is 0 Å². The molecule has 47 heavy (non-hydrogen) atoms. The molecule has 7 N–H and O–H groups in total. The Kier molecular flexibility index (Phi) is 14.3. The number of fused-ring (bicyclic) bond motifs is 2. The van der Waals surface area contributed by atoms with Crippen molar-refractivity contribution in [3.05, 3.63) is 29.8 Å². The molecule has 2 saturated carbocycles. The molecule has 3 rings (SSSR count). The first-order valence-electron chi connectivity index (χ1n) is 17.2. The topological polar surface area (TPSA) is 174 Å². The number of hydrogen-bond donors (Lipinski definition) is 5. The number of ether oxygens (including phenoxy) is 1. The third-order valence-electron chi connectivity index (χ3n) is 11.2. The molecule has 7 atom stereocenters. The second-order valence-corrected chi connectivity index (χ2v) is 15.6. The zero-order valence-electron chi connectivity index (χ0n) is 29.1. The van der Waals surface area contributed by atoms with Crippen LogP contribution in [0.2, 0.25) is 0 Å². The zero-order chi connectivity index (χ0) is 34.8. The lowest BCUT2D eigenvalue weighted by Gasteiger charge is -2.60. The van der Waals surface area contributed by atoms with E-state index in [9.17, 15) is 24.3 Å². The highest BCUT2D eigenvalue weighted by Gasteiger charge is 2.61. The van der Waals surface area contributed by atoms with Crippen LogP contribution in [0.25, 0.3) is 0 Å². The molecule has 0 aromatic heterocycles. The molecule has 10 nitrogen and oxygen atoms in total. The number of nitrogens with two attached hydrogens (primary N) is 2. The number of amides is 2. The summed E-state index contributed by atoms with van der Waals surface area (Å²) in [5.41, 5.74) is 9.97. The highest BCUT2D eigenvalue weighted by atomic mass is 32.2. The molecule has 0 radical (unpaired) electrons. The number of benzene rings is 1. The van der Waals surface area contributed by atoms with Crippen molar-refractivity contribution in [3.8, 4) is 0 Å². The van der Waals surface area contributed by atoms with Gasteiger partial charge in [0.2, 0.25) is 11.8 Å². The van der Waals surface area contributed by atoms with Gasteiger partial charge in [-0.2, -0.15) is 0 Å². The van der Waals surface area contributed by atoms with Crippen LogP contribution >= 0.6 is 11.8 Å². The second kappa shape index (κ2) is 17.3. The Morgan fingerprint density at radius 2 is 1.66 bits per heavy atom. The molecule has 2 amide bonds. The van der Waals surface area contributed by atoms with Gasteiger partial charge in [0, 0.05) is 36.2 Å². The highest BCUT2D eigenvalue weighted by Crippen LogP contribution is 2.62. The van der Waals surface area contributed by atoms with E-state index in [1.54, 1.807) is 13.8 Å². The number of aliphatic hydroxyl groups excluding tert-OH is 1. The van der Waals surface area contributed by atoms with E-state index < -0.39 is 23.0 Å². The molecule has 2 bridgehead atoms. The number of thioether (sulfide) groups is 1. The second-order valence-electron chi connectivity index (χ2n) is 14.5. The number of hydrogen-bond acceptors (Lipinski definition) is 9. The lowest BCUT2D eigenvalue weighted by Crippen LogP contribution is -2.61. The smallest absolute Gasteiger partial charge is 0.316 e. The maximum atomic E-state index is 13.9. The van der Waals surface area contributed by atoms with Crippen LogP contribution in [0.1, 0.15) is 91.5 Å². The van der Waals surface area contributed by atoms with E-state index in [1.807, 2.05) is 31.2 Å². The van der Waals surface area contributed by atoms with Crippen molar-refractivity contribution in [1.29, 1.82) is 0 Å².